The van der Waals surface area contributed by atoms with Gasteiger partial charge in [-0.1, -0.05) is 191 Å². The standard InChI is InChI=1S/C84H95N5O6/c1-7-11-15-19-21-25-55-94-76-33-27-29-58(5)78(76)80-70-49-47-68(85-70)66(46-40-62-39-45-65(83(90)91)67(57-62)84(92)93)69-48-50-71(86-69)81(79-59(6)30-28-34-77(79)95-56-26-22-20-16-12-8-2)73-52-54-75(88-73)82(74-53-51-72(80)87-74)89(63-41-35-60(36-42-63)31-23-17-13-9-3)64-43-37-61(38-44-64)32-24-18-14-10-4/h27-30,33-39,41-45,47-54,57,85,88H,7-26,31-32,55-56H2,1-6H3,(H,90,91)(H,92,93). The number of unbranched alkanes of at least 4 members (excludes halogenated alkanes) is 16. The van der Waals surface area contributed by atoms with Gasteiger partial charge in [0, 0.05) is 50.2 Å². The second-order valence-electron chi connectivity index (χ2n) is 25.5. The van der Waals surface area contributed by atoms with Gasteiger partial charge in [0.05, 0.1) is 69.4 Å². The number of carboxylic acids is 2. The average Bonchev–Trinajstić information content (AvgIpc) is 1.64. The lowest BCUT2D eigenvalue weighted by Gasteiger charge is -2.27. The molecule has 10 rings (SSSR count). The van der Waals surface area contributed by atoms with Crippen LogP contribution >= 0.6 is 0 Å². The summed E-state index contributed by atoms with van der Waals surface area (Å²) >= 11 is 0. The minimum absolute atomic E-state index is 0.320. The topological polar surface area (TPSA) is 154 Å². The van der Waals surface area contributed by atoms with Gasteiger partial charge in [-0.3, -0.25) is 0 Å². The molecule has 0 spiro atoms. The lowest BCUT2D eigenvalue weighted by molar-refractivity contribution is 0.0651. The van der Waals surface area contributed by atoms with Gasteiger partial charge in [-0.25, -0.2) is 19.6 Å². The molecule has 95 heavy (non-hydrogen) atoms. The summed E-state index contributed by atoms with van der Waals surface area (Å²) in [5, 5.41) is 20.2. The largest absolute Gasteiger partial charge is 0.493 e. The number of carbonyl (C=O) groups is 2. The fraction of sp³-hybridized carbons (Fsp3) is 0.357. The molecule has 4 N–H and O–H groups in total. The molecule has 2 aliphatic heterocycles. The number of benzene rings is 5. The quantitative estimate of drug-likeness (QED) is 0.0233. The fourth-order valence-corrected chi connectivity index (χ4v) is 13.0. The lowest BCUT2D eigenvalue weighted by Crippen LogP contribution is -2.12. The number of nitrogens with zero attached hydrogens (tertiary/aromatic N) is 3. The second kappa shape index (κ2) is 34.1. The van der Waals surface area contributed by atoms with Gasteiger partial charge in [0.1, 0.15) is 11.5 Å². The molecule has 0 atom stereocenters. The smallest absolute Gasteiger partial charge is 0.336 e. The molecule has 8 bridgehead atoms. The highest BCUT2D eigenvalue weighted by Gasteiger charge is 2.26. The Kier molecular flexibility index (Phi) is 24.6. The molecular weight excluding hydrogens is 1170 g/mol. The van der Waals surface area contributed by atoms with Gasteiger partial charge in [-0.05, 0) is 178 Å². The van der Waals surface area contributed by atoms with E-state index in [1.54, 1.807) is 6.07 Å². The minimum Gasteiger partial charge on any atom is -0.493 e. The van der Waals surface area contributed by atoms with Crippen LogP contribution in [0, 0.1) is 25.7 Å². The van der Waals surface area contributed by atoms with Crippen LogP contribution in [-0.4, -0.2) is 55.3 Å². The van der Waals surface area contributed by atoms with Crippen molar-refractivity contribution >= 4 is 75.4 Å². The van der Waals surface area contributed by atoms with Crippen LogP contribution in [0.3, 0.4) is 0 Å². The van der Waals surface area contributed by atoms with E-state index in [9.17, 15) is 19.8 Å². The first kappa shape index (κ1) is 68.5. The number of anilines is 3. The van der Waals surface area contributed by atoms with Crippen molar-refractivity contribution < 1.29 is 29.3 Å². The molecule has 0 saturated carbocycles. The molecule has 0 saturated heterocycles. The Balaban J connectivity index is 1.29. The number of carboxylic acid groups (broad SMARTS) is 2. The van der Waals surface area contributed by atoms with E-state index in [1.807, 2.05) is 18.2 Å². The van der Waals surface area contributed by atoms with Crippen LogP contribution in [0.1, 0.15) is 233 Å². The number of H-pyrrole nitrogens is 2. The summed E-state index contributed by atoms with van der Waals surface area (Å²) in [5.41, 5.74) is 17.0. The SMILES string of the molecule is CCCCCCCCOc1cccc(C)c1-c1c2nc(c(N(c3ccc(CCCCCC)cc3)c3ccc(CCCCCC)cc3)c3ccc([nH]3)c(-c3c(C)cccc3OCCCCCCCC)c3nc(c(C#Cc4ccc(C(=O)O)c(C(=O)O)c4)c4ccc1[nH]4)C=C3)C=C2. The number of fused-ring (bicyclic) bond motifs is 8. The highest BCUT2D eigenvalue weighted by atomic mass is 16.5. The van der Waals surface area contributed by atoms with E-state index in [1.165, 1.54) is 113 Å². The van der Waals surface area contributed by atoms with Crippen LogP contribution in [0.25, 0.3) is 68.6 Å². The van der Waals surface area contributed by atoms with Crippen molar-refractivity contribution in [1.82, 2.24) is 19.9 Å². The number of aromatic carboxylic acids is 2. The van der Waals surface area contributed by atoms with Crippen LogP contribution in [0.5, 0.6) is 11.5 Å². The van der Waals surface area contributed by atoms with Crippen molar-refractivity contribution in [2.75, 3.05) is 18.1 Å². The zero-order chi connectivity index (χ0) is 66.5. The summed E-state index contributed by atoms with van der Waals surface area (Å²) in [5.74, 6) is 5.48. The van der Waals surface area contributed by atoms with E-state index >= 15 is 0 Å². The summed E-state index contributed by atoms with van der Waals surface area (Å²) < 4.78 is 13.8. The van der Waals surface area contributed by atoms with Crippen molar-refractivity contribution in [3.05, 3.63) is 195 Å². The van der Waals surface area contributed by atoms with E-state index in [0.717, 1.165) is 141 Å². The molecular formula is C84H95N5O6. The number of aromatic amines is 2. The molecule has 8 aromatic rings. The van der Waals surface area contributed by atoms with E-state index in [0.29, 0.717) is 41.2 Å². The maximum absolute atomic E-state index is 12.5. The van der Waals surface area contributed by atoms with Gasteiger partial charge in [0.25, 0.3) is 0 Å². The number of ether oxygens (including phenoxy) is 2. The van der Waals surface area contributed by atoms with Gasteiger partial charge >= 0.3 is 11.9 Å². The first-order valence-corrected chi connectivity index (χ1v) is 35.2. The van der Waals surface area contributed by atoms with E-state index < -0.39 is 11.9 Å². The molecule has 11 heteroatoms. The maximum Gasteiger partial charge on any atom is 0.336 e. The Morgan fingerprint density at radius 2 is 0.863 bits per heavy atom. The van der Waals surface area contributed by atoms with E-state index in [-0.39, 0.29) is 11.1 Å². The molecule has 2 aliphatic rings. The zero-order valence-electron chi connectivity index (χ0n) is 56.8. The first-order valence-electron chi connectivity index (χ1n) is 35.2. The predicted octanol–water partition coefficient (Wildman–Crippen LogP) is 22.6. The number of hydrogen-bond donors (Lipinski definition) is 4. The normalized spacial score (nSPS) is 11.6. The molecule has 3 aromatic heterocycles. The van der Waals surface area contributed by atoms with Gasteiger partial charge in [0.15, 0.2) is 0 Å². The van der Waals surface area contributed by atoms with Crippen LogP contribution in [0.2, 0.25) is 0 Å². The Bertz CT molecular complexity index is 4130. The number of rotatable bonds is 33. The average molecular weight is 1270 g/mol. The van der Waals surface area contributed by atoms with Crippen LogP contribution in [-0.2, 0) is 12.8 Å². The van der Waals surface area contributed by atoms with E-state index in [4.69, 9.17) is 19.4 Å². The molecule has 0 unspecified atom stereocenters. The third-order valence-electron chi connectivity index (χ3n) is 18.3. The monoisotopic (exact) mass is 1270 g/mol. The van der Waals surface area contributed by atoms with Crippen LogP contribution < -0.4 is 14.4 Å². The molecule has 0 amide bonds. The molecule has 0 fully saturated rings. The Labute approximate surface area is 562 Å². The lowest BCUT2D eigenvalue weighted by atomic mass is 9.97. The third kappa shape index (κ3) is 17.3. The Hall–Kier alpha value is -9.40. The number of hydrogen-bond acceptors (Lipinski definition) is 7. The van der Waals surface area contributed by atoms with Crippen molar-refractivity contribution in [2.45, 2.75) is 183 Å². The number of aryl methyl sites for hydroxylation is 4. The zero-order valence-corrected chi connectivity index (χ0v) is 56.8. The molecule has 0 radical (unpaired) electrons. The van der Waals surface area contributed by atoms with Gasteiger partial charge < -0.3 is 34.6 Å². The van der Waals surface area contributed by atoms with E-state index in [2.05, 4.69) is 184 Å². The predicted molar refractivity (Wildman–Crippen MR) is 394 cm³/mol. The highest BCUT2D eigenvalue weighted by molar-refractivity contribution is 6.03. The Morgan fingerprint density at radius 3 is 1.37 bits per heavy atom. The maximum atomic E-state index is 12.5. The molecule has 0 aliphatic carbocycles. The molecule has 5 aromatic carbocycles. The molecule has 5 heterocycles. The summed E-state index contributed by atoms with van der Waals surface area (Å²) in [6.07, 6.45) is 33.5. The number of nitrogens with one attached hydrogen (secondary N) is 2. The van der Waals surface area contributed by atoms with Crippen molar-refractivity contribution in [1.29, 1.82) is 0 Å². The van der Waals surface area contributed by atoms with Crippen molar-refractivity contribution in [2.24, 2.45) is 0 Å². The van der Waals surface area contributed by atoms with Gasteiger partial charge in [0.2, 0.25) is 0 Å². The third-order valence-corrected chi connectivity index (χ3v) is 18.3. The van der Waals surface area contributed by atoms with Crippen molar-refractivity contribution in [3.8, 4) is 45.6 Å². The van der Waals surface area contributed by atoms with Crippen molar-refractivity contribution in [3.63, 3.8) is 0 Å². The molecule has 11 nitrogen and oxygen atoms in total. The number of aromatic nitrogens is 4. The summed E-state index contributed by atoms with van der Waals surface area (Å²) in [6, 6.07) is 43.3. The summed E-state index contributed by atoms with van der Waals surface area (Å²) in [7, 11) is 0. The van der Waals surface area contributed by atoms with Gasteiger partial charge in [-0.2, -0.15) is 0 Å². The fourth-order valence-electron chi connectivity index (χ4n) is 13.0. The second-order valence-corrected chi connectivity index (χ2v) is 25.5. The first-order chi connectivity index (χ1) is 46.5. The minimum atomic E-state index is -1.36. The summed E-state index contributed by atoms with van der Waals surface area (Å²) in [6.45, 7) is 14.4. The Morgan fingerprint density at radius 1 is 0.432 bits per heavy atom. The van der Waals surface area contributed by atoms with Crippen LogP contribution in [0.4, 0.5) is 17.1 Å². The molecule has 492 valence electrons. The van der Waals surface area contributed by atoms with Gasteiger partial charge in [-0.15, -0.1) is 0 Å². The highest BCUT2D eigenvalue weighted by Crippen LogP contribution is 2.45. The summed E-state index contributed by atoms with van der Waals surface area (Å²) in [4.78, 5) is 46.4. The van der Waals surface area contributed by atoms with Crippen LogP contribution in [0.15, 0.2) is 127 Å².